The van der Waals surface area contributed by atoms with E-state index in [2.05, 4.69) is 38.3 Å². The van der Waals surface area contributed by atoms with Gasteiger partial charge in [-0.05, 0) is 120 Å². The number of para-hydroxylation sites is 1. The number of aliphatic hydroxyl groups is 1. The van der Waals surface area contributed by atoms with E-state index in [-0.39, 0.29) is 23.8 Å². The van der Waals surface area contributed by atoms with Gasteiger partial charge in [-0.2, -0.15) is 5.26 Å². The van der Waals surface area contributed by atoms with Crippen LogP contribution < -0.4 is 20.7 Å². The Kier molecular flexibility index (Phi) is 12.7. The quantitative estimate of drug-likeness (QED) is 0.111. The molecule has 5 saturated carbocycles. The Balaban J connectivity index is 0.00000154. The van der Waals surface area contributed by atoms with E-state index in [9.17, 15) is 23.5 Å². The molecule has 7 nitrogen and oxygen atoms in total. The number of benzene rings is 1. The molecule has 3 atom stereocenters. The minimum absolute atomic E-state index is 0.103. The number of hydrogen-bond donors (Lipinski definition) is 4. The zero-order valence-corrected chi connectivity index (χ0v) is 27.6. The molecule has 5 fully saturated rings. The van der Waals surface area contributed by atoms with Gasteiger partial charge in [-0.25, -0.2) is 0 Å². The Morgan fingerprint density at radius 1 is 1.17 bits per heavy atom. The number of aliphatic imine (C=N–C) groups is 1. The summed E-state index contributed by atoms with van der Waals surface area (Å²) in [7, 11) is 0. The van der Waals surface area contributed by atoms with Gasteiger partial charge in [-0.3, -0.25) is 10.3 Å². The normalized spacial score (nSPS) is 31.3. The van der Waals surface area contributed by atoms with E-state index in [1.807, 2.05) is 13.8 Å². The first-order valence-electron chi connectivity index (χ1n) is 16.9. The van der Waals surface area contributed by atoms with Crippen molar-refractivity contribution < 1.29 is 23.0 Å². The Hall–Kier alpha value is -2.87. The lowest BCUT2D eigenvalue weighted by Gasteiger charge is -2.60. The van der Waals surface area contributed by atoms with Crippen LogP contribution >= 0.6 is 0 Å². The molecule has 0 spiro atoms. The van der Waals surface area contributed by atoms with Crippen molar-refractivity contribution in [2.45, 2.75) is 110 Å². The number of rotatable bonds is 12. The third-order valence-electron chi connectivity index (χ3n) is 10.3. The fourth-order valence-electron chi connectivity index (χ4n) is 8.39. The molecule has 0 heterocycles. The Labute approximate surface area is 272 Å². The number of nitrogens with one attached hydrogen (secondary N) is 3. The second kappa shape index (κ2) is 16.3. The smallest absolute Gasteiger partial charge is 0.405 e. The predicted octanol–water partition coefficient (Wildman–Crippen LogP) is 7.01. The average Bonchev–Trinajstić information content (AvgIpc) is 3.00. The van der Waals surface area contributed by atoms with Gasteiger partial charge in [-0.15, -0.1) is 19.8 Å². The van der Waals surface area contributed by atoms with Crippen molar-refractivity contribution in [3.05, 3.63) is 53.8 Å². The fraction of sp³-hybridized carbons (Fsp3) is 0.667. The zero-order chi connectivity index (χ0) is 33.3. The lowest BCUT2D eigenvalue weighted by atomic mass is 9.48. The van der Waals surface area contributed by atoms with Gasteiger partial charge in [0.25, 0.3) is 0 Å². The molecule has 0 saturated heterocycles. The molecule has 5 aliphatic rings. The highest BCUT2D eigenvalue weighted by molar-refractivity contribution is 5.84. The molecular weight excluding hydrogens is 591 g/mol. The first-order valence-corrected chi connectivity index (χ1v) is 16.9. The lowest BCUT2D eigenvalue weighted by molar-refractivity contribution is -0.274. The summed E-state index contributed by atoms with van der Waals surface area (Å²) < 4.78 is 42.3. The number of nitriles is 1. The van der Waals surface area contributed by atoms with Crippen molar-refractivity contribution in [3.63, 3.8) is 0 Å². The zero-order valence-electron chi connectivity index (χ0n) is 27.6. The van der Waals surface area contributed by atoms with Crippen molar-refractivity contribution in [2.24, 2.45) is 34.1 Å². The summed E-state index contributed by atoms with van der Waals surface area (Å²) in [4.78, 5) is 4.44. The summed E-state index contributed by atoms with van der Waals surface area (Å²) in [5.74, 6) is 2.66. The van der Waals surface area contributed by atoms with E-state index >= 15 is 0 Å². The van der Waals surface area contributed by atoms with Crippen molar-refractivity contribution in [3.8, 4) is 11.8 Å². The summed E-state index contributed by atoms with van der Waals surface area (Å²) in [6, 6.07) is 8.87. The van der Waals surface area contributed by atoms with Gasteiger partial charge in [-0.1, -0.05) is 24.3 Å². The van der Waals surface area contributed by atoms with Crippen LogP contribution in [-0.2, 0) is 6.54 Å². The summed E-state index contributed by atoms with van der Waals surface area (Å²) >= 11 is 0. The Bertz CT molecular complexity index is 1230. The van der Waals surface area contributed by atoms with Crippen LogP contribution in [0.2, 0.25) is 0 Å². The second-order valence-electron chi connectivity index (χ2n) is 14.0. The maximum Gasteiger partial charge on any atom is 0.573 e. The molecule has 0 aliphatic heterocycles. The highest BCUT2D eigenvalue weighted by Crippen LogP contribution is 2.60. The van der Waals surface area contributed by atoms with Crippen LogP contribution in [0, 0.1) is 40.4 Å². The van der Waals surface area contributed by atoms with Crippen LogP contribution in [0.3, 0.4) is 0 Å². The minimum Gasteiger partial charge on any atom is -0.405 e. The van der Waals surface area contributed by atoms with E-state index in [1.54, 1.807) is 31.3 Å². The van der Waals surface area contributed by atoms with E-state index in [0.717, 1.165) is 50.4 Å². The highest BCUT2D eigenvalue weighted by atomic mass is 19.4. The number of halogens is 3. The number of ether oxygens (including phenoxy) is 1. The molecule has 5 aliphatic carbocycles. The van der Waals surface area contributed by atoms with Gasteiger partial charge in [0.05, 0.1) is 17.8 Å². The molecule has 10 heteroatoms. The van der Waals surface area contributed by atoms with Crippen molar-refractivity contribution >= 4 is 6.21 Å². The number of alkyl halides is 3. The summed E-state index contributed by atoms with van der Waals surface area (Å²) in [5.41, 5.74) is 1.89. The average molecular weight is 644 g/mol. The molecule has 4 bridgehead atoms. The van der Waals surface area contributed by atoms with Gasteiger partial charge < -0.3 is 20.5 Å². The standard InChI is InChI=1S/C33H46F3N5O2.C3H6/c1-21(28(16-37)19-39-22(2)38-18-25-5-3-4-6-30(25)43-33(34,35)36)41-20-32-13-24-11-26(14-32)31(27(12-24)15-32)40-17-23-7-9-29(42)10-8-23;1-3-2/h3-6,19,22-24,26-27,29,31,38,40-42H,7-15,17-18,20H2,1-2H3;3H,1H2,2H3/b28-21+,39-19-;. The van der Waals surface area contributed by atoms with Gasteiger partial charge >= 0.3 is 6.36 Å². The van der Waals surface area contributed by atoms with Gasteiger partial charge in [0, 0.05) is 36.6 Å². The summed E-state index contributed by atoms with van der Waals surface area (Å²) in [6.07, 6.45) is 8.49. The molecule has 4 N–H and O–H groups in total. The van der Waals surface area contributed by atoms with Gasteiger partial charge in [0.2, 0.25) is 0 Å². The number of nitrogens with zero attached hydrogens (tertiary/aromatic N) is 2. The van der Waals surface area contributed by atoms with Crippen LogP contribution in [0.1, 0.15) is 84.1 Å². The predicted molar refractivity (Wildman–Crippen MR) is 176 cm³/mol. The van der Waals surface area contributed by atoms with Crippen LogP contribution in [0.4, 0.5) is 13.2 Å². The molecule has 46 heavy (non-hydrogen) atoms. The van der Waals surface area contributed by atoms with Crippen molar-refractivity contribution in [2.75, 3.05) is 13.1 Å². The number of aliphatic hydroxyl groups excluding tert-OH is 1. The van der Waals surface area contributed by atoms with E-state index in [1.165, 1.54) is 44.2 Å². The van der Waals surface area contributed by atoms with Crippen LogP contribution in [0.5, 0.6) is 5.75 Å². The molecule has 3 unspecified atom stereocenters. The number of allylic oxidation sites excluding steroid dienone is 3. The summed E-state index contributed by atoms with van der Waals surface area (Å²) in [6.45, 7) is 11.0. The van der Waals surface area contributed by atoms with Crippen molar-refractivity contribution in [1.29, 1.82) is 5.26 Å². The van der Waals surface area contributed by atoms with E-state index in [0.29, 0.717) is 34.9 Å². The Morgan fingerprint density at radius 3 is 2.46 bits per heavy atom. The highest BCUT2D eigenvalue weighted by Gasteiger charge is 2.55. The van der Waals surface area contributed by atoms with E-state index in [4.69, 9.17) is 0 Å². The minimum atomic E-state index is -4.76. The number of hydrogen-bond acceptors (Lipinski definition) is 7. The first-order chi connectivity index (χ1) is 21.9. The maximum atomic E-state index is 12.7. The third-order valence-corrected chi connectivity index (χ3v) is 10.3. The molecule has 0 amide bonds. The second-order valence-corrected chi connectivity index (χ2v) is 14.0. The molecule has 254 valence electrons. The molecule has 6 rings (SSSR count). The maximum absolute atomic E-state index is 12.7. The van der Waals surface area contributed by atoms with Gasteiger partial charge in [0.15, 0.2) is 0 Å². The molecule has 1 aromatic rings. The Morgan fingerprint density at radius 2 is 1.83 bits per heavy atom. The van der Waals surface area contributed by atoms with Crippen LogP contribution in [-0.4, -0.2) is 49.1 Å². The first kappa shape index (κ1) is 36.0. The molecule has 0 aromatic heterocycles. The molecule has 0 radical (unpaired) electrons. The molecular formula is C36H52F3N5O2. The third kappa shape index (κ3) is 10.1. The topological polar surface area (TPSA) is 102 Å². The monoisotopic (exact) mass is 643 g/mol. The van der Waals surface area contributed by atoms with Crippen molar-refractivity contribution in [1.82, 2.24) is 16.0 Å². The van der Waals surface area contributed by atoms with E-state index < -0.39 is 12.5 Å². The van der Waals surface area contributed by atoms with Crippen LogP contribution in [0.25, 0.3) is 0 Å². The fourth-order valence-corrected chi connectivity index (χ4v) is 8.39. The molecule has 1 aromatic carbocycles. The van der Waals surface area contributed by atoms with Crippen LogP contribution in [0.15, 0.2) is 53.2 Å². The lowest BCUT2D eigenvalue weighted by Crippen LogP contribution is -2.60. The SMILES string of the molecule is C/C(NCC12CC3CC(C1)C(NCC1CCC(O)CC1)C(C3)C2)=C(C#N)\C=N/C(C)NCc1ccccc1OC(F)(F)F.C=CC. The van der Waals surface area contributed by atoms with Gasteiger partial charge in [0.1, 0.15) is 11.8 Å². The summed E-state index contributed by atoms with van der Waals surface area (Å²) in [5, 5.41) is 30.3. The largest absolute Gasteiger partial charge is 0.573 e.